The minimum Gasteiger partial charge on any atom is -0.458 e. The van der Waals surface area contributed by atoms with Crippen LogP contribution in [-0.2, 0) is 33.3 Å². The second kappa shape index (κ2) is 9.72. The normalized spacial score (nSPS) is 39.6. The van der Waals surface area contributed by atoms with E-state index in [1.807, 2.05) is 6.08 Å². The van der Waals surface area contributed by atoms with Gasteiger partial charge in [-0.1, -0.05) is 38.7 Å². The van der Waals surface area contributed by atoms with Crippen molar-refractivity contribution >= 4 is 11.9 Å². The predicted molar refractivity (Wildman–Crippen MR) is 123 cm³/mol. The summed E-state index contributed by atoms with van der Waals surface area (Å²) in [5.74, 6) is -0.554. The van der Waals surface area contributed by atoms with Gasteiger partial charge < -0.3 is 23.7 Å². The first-order valence-electron chi connectivity index (χ1n) is 11.6. The zero-order chi connectivity index (χ0) is 24.6. The fourth-order valence-electron chi connectivity index (χ4n) is 6.43. The van der Waals surface area contributed by atoms with E-state index in [9.17, 15) is 9.59 Å². The Morgan fingerprint density at radius 3 is 2.39 bits per heavy atom. The number of methoxy groups -OCH3 is 2. The lowest BCUT2D eigenvalue weighted by molar-refractivity contribution is -0.258. The molecule has 7 nitrogen and oxygen atoms in total. The molecule has 2 fully saturated rings. The standard InChI is InChI=1S/C26H38O7/c1-9-15(2)10-11-25(6)16(3)12-22(29-7)26-20(13-19(14-21(25)26)31-17(4)27)23(30-8)33-24(26)32-18(5)28/h9,13,16,19,21-24H,1-2,10-12,14H2,3-8H3/t16-,19+,21+,22-,23+,24-,25-,26-/m1/s1. The molecule has 0 unspecified atom stereocenters. The zero-order valence-electron chi connectivity index (χ0n) is 20.7. The molecule has 0 bridgehead atoms. The van der Waals surface area contributed by atoms with Gasteiger partial charge in [0.1, 0.15) is 6.10 Å². The topological polar surface area (TPSA) is 80.3 Å². The third-order valence-corrected chi connectivity index (χ3v) is 8.19. The zero-order valence-corrected chi connectivity index (χ0v) is 20.7. The van der Waals surface area contributed by atoms with Gasteiger partial charge in [-0.15, -0.1) is 0 Å². The molecule has 1 saturated carbocycles. The van der Waals surface area contributed by atoms with Crippen LogP contribution in [0.25, 0.3) is 0 Å². The summed E-state index contributed by atoms with van der Waals surface area (Å²) in [7, 11) is 3.24. The predicted octanol–water partition coefficient (Wildman–Crippen LogP) is 4.33. The van der Waals surface area contributed by atoms with E-state index in [1.165, 1.54) is 13.8 Å². The summed E-state index contributed by atoms with van der Waals surface area (Å²) >= 11 is 0. The third-order valence-electron chi connectivity index (χ3n) is 8.19. The van der Waals surface area contributed by atoms with E-state index in [4.69, 9.17) is 23.7 Å². The van der Waals surface area contributed by atoms with Crippen molar-refractivity contribution in [3.8, 4) is 0 Å². The van der Waals surface area contributed by atoms with Gasteiger partial charge in [-0.05, 0) is 49.0 Å². The third kappa shape index (κ3) is 4.31. The van der Waals surface area contributed by atoms with E-state index >= 15 is 0 Å². The van der Waals surface area contributed by atoms with E-state index in [2.05, 4.69) is 27.0 Å². The Balaban J connectivity index is 2.21. The minimum atomic E-state index is -0.867. The van der Waals surface area contributed by atoms with E-state index < -0.39 is 30.1 Å². The van der Waals surface area contributed by atoms with Crippen molar-refractivity contribution in [1.29, 1.82) is 0 Å². The average Bonchev–Trinajstić information content (AvgIpc) is 3.06. The molecule has 1 spiro atoms. The molecule has 1 heterocycles. The van der Waals surface area contributed by atoms with Gasteiger partial charge in [0.15, 0.2) is 6.29 Å². The molecule has 3 aliphatic rings. The summed E-state index contributed by atoms with van der Waals surface area (Å²) in [6.07, 6.45) is 4.40. The van der Waals surface area contributed by atoms with Crippen LogP contribution in [0.15, 0.2) is 36.5 Å². The molecule has 3 rings (SSSR count). The molecule has 0 aromatic heterocycles. The number of carbonyl (C=O) groups excluding carboxylic acids is 2. The number of carbonyl (C=O) groups is 2. The van der Waals surface area contributed by atoms with Gasteiger partial charge in [0.25, 0.3) is 0 Å². The Morgan fingerprint density at radius 2 is 1.85 bits per heavy atom. The number of ether oxygens (including phenoxy) is 5. The maximum absolute atomic E-state index is 12.1. The highest BCUT2D eigenvalue weighted by molar-refractivity contribution is 5.67. The first-order chi connectivity index (χ1) is 15.5. The van der Waals surface area contributed by atoms with Crippen molar-refractivity contribution in [3.05, 3.63) is 36.5 Å². The maximum atomic E-state index is 12.1. The number of allylic oxidation sites excluding steroid dienone is 2. The van der Waals surface area contributed by atoms with Gasteiger partial charge in [-0.2, -0.15) is 0 Å². The monoisotopic (exact) mass is 462 g/mol. The van der Waals surface area contributed by atoms with Crippen LogP contribution < -0.4 is 0 Å². The van der Waals surface area contributed by atoms with Crippen molar-refractivity contribution in [1.82, 2.24) is 0 Å². The van der Waals surface area contributed by atoms with E-state index in [0.29, 0.717) is 6.42 Å². The lowest BCUT2D eigenvalue weighted by Crippen LogP contribution is -2.63. The first kappa shape index (κ1) is 25.7. The van der Waals surface area contributed by atoms with Crippen molar-refractivity contribution < 1.29 is 33.3 Å². The minimum absolute atomic E-state index is 0.0647. The highest BCUT2D eigenvalue weighted by atomic mass is 16.8. The molecule has 0 aromatic rings. The van der Waals surface area contributed by atoms with E-state index in [-0.39, 0.29) is 29.3 Å². The average molecular weight is 463 g/mol. The van der Waals surface area contributed by atoms with Gasteiger partial charge in [0.2, 0.25) is 6.29 Å². The second-order valence-corrected chi connectivity index (χ2v) is 9.87. The summed E-state index contributed by atoms with van der Waals surface area (Å²) < 4.78 is 29.5. The summed E-state index contributed by atoms with van der Waals surface area (Å²) in [4.78, 5) is 24.0. The number of rotatable bonds is 8. The Bertz CT molecular complexity index is 832. The number of hydrogen-bond acceptors (Lipinski definition) is 7. The first-order valence-corrected chi connectivity index (χ1v) is 11.6. The Labute approximate surface area is 197 Å². The molecular weight excluding hydrogens is 424 g/mol. The van der Waals surface area contributed by atoms with Crippen LogP contribution in [-0.4, -0.2) is 50.9 Å². The number of esters is 2. The number of hydrogen-bond donors (Lipinski definition) is 0. The molecule has 0 N–H and O–H groups in total. The molecule has 0 radical (unpaired) electrons. The largest absolute Gasteiger partial charge is 0.458 e. The molecule has 7 heteroatoms. The van der Waals surface area contributed by atoms with Gasteiger partial charge in [0.05, 0.1) is 11.5 Å². The van der Waals surface area contributed by atoms with Gasteiger partial charge in [-0.25, -0.2) is 0 Å². The lowest BCUT2D eigenvalue weighted by atomic mass is 9.45. The summed E-state index contributed by atoms with van der Waals surface area (Å²) in [5.41, 5.74) is 0.840. The summed E-state index contributed by atoms with van der Waals surface area (Å²) in [5, 5.41) is 0. The van der Waals surface area contributed by atoms with Gasteiger partial charge in [-0.3, -0.25) is 9.59 Å². The van der Waals surface area contributed by atoms with Crippen LogP contribution in [0.2, 0.25) is 0 Å². The molecule has 2 aliphatic carbocycles. The molecule has 1 aliphatic heterocycles. The Hall–Kier alpha value is -1.96. The molecule has 0 amide bonds. The summed E-state index contributed by atoms with van der Waals surface area (Å²) in [6.45, 7) is 15.3. The molecule has 0 aromatic carbocycles. The lowest BCUT2D eigenvalue weighted by Gasteiger charge is -2.61. The smallest absolute Gasteiger partial charge is 0.304 e. The fourth-order valence-corrected chi connectivity index (χ4v) is 6.43. The quantitative estimate of drug-likeness (QED) is 0.302. The van der Waals surface area contributed by atoms with Crippen molar-refractivity contribution in [2.24, 2.45) is 22.7 Å². The highest BCUT2D eigenvalue weighted by Crippen LogP contribution is 2.67. The maximum Gasteiger partial charge on any atom is 0.304 e. The van der Waals surface area contributed by atoms with Gasteiger partial charge in [0, 0.05) is 33.6 Å². The van der Waals surface area contributed by atoms with E-state index in [0.717, 1.165) is 30.4 Å². The van der Waals surface area contributed by atoms with Crippen molar-refractivity contribution in [2.45, 2.75) is 78.2 Å². The molecular formula is C26H38O7. The highest BCUT2D eigenvalue weighted by Gasteiger charge is 2.71. The molecule has 1 saturated heterocycles. The van der Waals surface area contributed by atoms with Crippen LogP contribution in [0.4, 0.5) is 0 Å². The van der Waals surface area contributed by atoms with Crippen LogP contribution in [0, 0.1) is 22.7 Å². The Kier molecular flexibility index (Phi) is 7.56. The Morgan fingerprint density at radius 1 is 1.18 bits per heavy atom. The molecule has 33 heavy (non-hydrogen) atoms. The van der Waals surface area contributed by atoms with Crippen molar-refractivity contribution in [3.63, 3.8) is 0 Å². The van der Waals surface area contributed by atoms with Crippen LogP contribution in [0.1, 0.15) is 53.4 Å². The van der Waals surface area contributed by atoms with Crippen LogP contribution in [0.3, 0.4) is 0 Å². The molecule has 184 valence electrons. The van der Waals surface area contributed by atoms with Crippen LogP contribution in [0.5, 0.6) is 0 Å². The van der Waals surface area contributed by atoms with E-state index in [1.54, 1.807) is 20.3 Å². The SMILES string of the molecule is C=CC(=C)CC[C@]1(C)[C@H](C)C[C@@H](OC)[C@@]23C(=C[C@H](OC(C)=O)C[C@@H]12)[C@@H](OC)O[C@H]3OC(C)=O. The molecule has 8 atom stereocenters. The second-order valence-electron chi connectivity index (χ2n) is 9.87. The van der Waals surface area contributed by atoms with Crippen molar-refractivity contribution in [2.75, 3.05) is 14.2 Å². The van der Waals surface area contributed by atoms with Crippen LogP contribution >= 0.6 is 0 Å². The summed E-state index contributed by atoms with van der Waals surface area (Å²) in [6, 6.07) is 0. The fraction of sp³-hybridized carbons (Fsp3) is 0.692. The van der Waals surface area contributed by atoms with Gasteiger partial charge >= 0.3 is 11.9 Å².